The third kappa shape index (κ3) is 5.66. The van der Waals surface area contributed by atoms with Crippen LogP contribution >= 0.6 is 23.4 Å². The summed E-state index contributed by atoms with van der Waals surface area (Å²) in [6, 6.07) is 22.8. The standard InChI is InChI=1S/C23H19ClFN5OS/c24-16-6-12-20(13-7-16)30-21(14-26-18-4-2-1-3-5-18)28-29-23(30)32-15-22(31)27-19-10-8-17(25)9-11-19/h1-13,26H,14-15H2,(H,27,31). The average molecular weight is 468 g/mol. The zero-order valence-electron chi connectivity index (χ0n) is 16.8. The number of aromatic nitrogens is 3. The Morgan fingerprint density at radius 1 is 0.938 bits per heavy atom. The van der Waals surface area contributed by atoms with Gasteiger partial charge in [-0.15, -0.1) is 10.2 Å². The lowest BCUT2D eigenvalue weighted by molar-refractivity contribution is -0.113. The van der Waals surface area contributed by atoms with Gasteiger partial charge in [-0.1, -0.05) is 41.6 Å². The fourth-order valence-electron chi connectivity index (χ4n) is 2.96. The molecule has 3 aromatic carbocycles. The summed E-state index contributed by atoms with van der Waals surface area (Å²) in [5, 5.41) is 15.9. The zero-order chi connectivity index (χ0) is 22.3. The van der Waals surface area contributed by atoms with Gasteiger partial charge in [-0.2, -0.15) is 0 Å². The Bertz CT molecular complexity index is 1180. The van der Waals surface area contributed by atoms with Gasteiger partial charge < -0.3 is 10.6 Å². The van der Waals surface area contributed by atoms with Crippen molar-refractivity contribution < 1.29 is 9.18 Å². The fourth-order valence-corrected chi connectivity index (χ4v) is 3.85. The van der Waals surface area contributed by atoms with Crippen molar-refractivity contribution >= 4 is 40.6 Å². The number of thioether (sulfide) groups is 1. The number of carbonyl (C=O) groups excluding carboxylic acids is 1. The molecule has 4 rings (SSSR count). The molecule has 0 atom stereocenters. The molecule has 0 aliphatic carbocycles. The van der Waals surface area contributed by atoms with Gasteiger partial charge in [0.2, 0.25) is 5.91 Å². The molecule has 4 aromatic rings. The first kappa shape index (κ1) is 21.9. The fraction of sp³-hybridized carbons (Fsp3) is 0.0870. The number of halogens is 2. The Morgan fingerprint density at radius 2 is 1.66 bits per heavy atom. The van der Waals surface area contributed by atoms with Crippen molar-refractivity contribution in [3.63, 3.8) is 0 Å². The summed E-state index contributed by atoms with van der Waals surface area (Å²) in [6.07, 6.45) is 0. The van der Waals surface area contributed by atoms with Gasteiger partial charge in [-0.05, 0) is 60.7 Å². The maximum atomic E-state index is 13.0. The van der Waals surface area contributed by atoms with E-state index in [0.29, 0.717) is 28.2 Å². The summed E-state index contributed by atoms with van der Waals surface area (Å²) in [5.41, 5.74) is 2.33. The van der Waals surface area contributed by atoms with E-state index in [1.807, 2.05) is 47.0 Å². The Balaban J connectivity index is 1.50. The Hall–Kier alpha value is -3.36. The van der Waals surface area contributed by atoms with Crippen LogP contribution in [0.5, 0.6) is 0 Å². The molecule has 0 aliphatic heterocycles. The molecule has 9 heteroatoms. The van der Waals surface area contributed by atoms with E-state index >= 15 is 0 Å². The van der Waals surface area contributed by atoms with Gasteiger partial charge in [-0.25, -0.2) is 4.39 Å². The first-order valence-electron chi connectivity index (χ1n) is 9.76. The summed E-state index contributed by atoms with van der Waals surface area (Å²) in [7, 11) is 0. The molecule has 1 amide bonds. The normalized spacial score (nSPS) is 10.7. The number of hydrogen-bond acceptors (Lipinski definition) is 5. The minimum atomic E-state index is -0.356. The summed E-state index contributed by atoms with van der Waals surface area (Å²) in [6.45, 7) is 0.446. The van der Waals surface area contributed by atoms with Crippen LogP contribution < -0.4 is 10.6 Å². The van der Waals surface area contributed by atoms with Gasteiger partial charge in [0, 0.05) is 22.1 Å². The number of amides is 1. The maximum absolute atomic E-state index is 13.0. The Morgan fingerprint density at radius 3 is 2.38 bits per heavy atom. The number of para-hydroxylation sites is 1. The Labute approximate surface area is 193 Å². The summed E-state index contributed by atoms with van der Waals surface area (Å²) < 4.78 is 14.9. The molecule has 1 aromatic heterocycles. The average Bonchev–Trinajstić information content (AvgIpc) is 3.22. The highest BCUT2D eigenvalue weighted by atomic mass is 35.5. The quantitative estimate of drug-likeness (QED) is 0.339. The second-order valence-corrected chi connectivity index (χ2v) is 8.15. The molecule has 32 heavy (non-hydrogen) atoms. The van der Waals surface area contributed by atoms with Crippen LogP contribution in [-0.2, 0) is 11.3 Å². The van der Waals surface area contributed by atoms with Crippen LogP contribution in [0.3, 0.4) is 0 Å². The van der Waals surface area contributed by atoms with E-state index in [2.05, 4.69) is 20.8 Å². The zero-order valence-corrected chi connectivity index (χ0v) is 18.4. The molecular formula is C23H19ClFN5OS. The van der Waals surface area contributed by atoms with Crippen LogP contribution in [0.15, 0.2) is 84.0 Å². The maximum Gasteiger partial charge on any atom is 0.234 e. The topological polar surface area (TPSA) is 71.8 Å². The van der Waals surface area contributed by atoms with E-state index in [1.165, 1.54) is 36.0 Å². The second-order valence-electron chi connectivity index (χ2n) is 6.77. The third-order valence-electron chi connectivity index (χ3n) is 4.47. The van der Waals surface area contributed by atoms with Crippen molar-refractivity contribution in [2.75, 3.05) is 16.4 Å². The number of carbonyl (C=O) groups is 1. The molecule has 1 heterocycles. The number of benzene rings is 3. The van der Waals surface area contributed by atoms with E-state index in [1.54, 1.807) is 12.1 Å². The predicted molar refractivity (Wildman–Crippen MR) is 126 cm³/mol. The summed E-state index contributed by atoms with van der Waals surface area (Å²) in [4.78, 5) is 12.4. The number of nitrogens with one attached hydrogen (secondary N) is 2. The van der Waals surface area contributed by atoms with Crippen LogP contribution in [-0.4, -0.2) is 26.4 Å². The first-order chi connectivity index (χ1) is 15.6. The molecule has 0 fully saturated rings. The first-order valence-corrected chi connectivity index (χ1v) is 11.1. The van der Waals surface area contributed by atoms with Gasteiger partial charge in [0.1, 0.15) is 5.82 Å². The van der Waals surface area contributed by atoms with Crippen molar-refractivity contribution in [1.29, 1.82) is 0 Å². The van der Waals surface area contributed by atoms with Gasteiger partial charge in [0.05, 0.1) is 12.3 Å². The number of rotatable bonds is 8. The molecule has 6 nitrogen and oxygen atoms in total. The van der Waals surface area contributed by atoms with E-state index in [0.717, 1.165) is 11.4 Å². The van der Waals surface area contributed by atoms with E-state index in [-0.39, 0.29) is 17.5 Å². The van der Waals surface area contributed by atoms with Crippen molar-refractivity contribution in [1.82, 2.24) is 14.8 Å². The van der Waals surface area contributed by atoms with Gasteiger partial charge in [-0.3, -0.25) is 9.36 Å². The SMILES string of the molecule is O=C(CSc1nnc(CNc2ccccc2)n1-c1ccc(Cl)cc1)Nc1ccc(F)cc1. The monoisotopic (exact) mass is 467 g/mol. The van der Waals surface area contributed by atoms with Crippen molar-refractivity contribution in [2.24, 2.45) is 0 Å². The van der Waals surface area contributed by atoms with Crippen LogP contribution in [0, 0.1) is 5.82 Å². The summed E-state index contributed by atoms with van der Waals surface area (Å²) in [5.74, 6) is 0.230. The Kier molecular flexibility index (Phi) is 7.03. The third-order valence-corrected chi connectivity index (χ3v) is 5.65. The van der Waals surface area contributed by atoms with Crippen molar-refractivity contribution in [3.05, 3.63) is 95.5 Å². The van der Waals surface area contributed by atoms with Gasteiger partial charge >= 0.3 is 0 Å². The van der Waals surface area contributed by atoms with Crippen LogP contribution in [0.25, 0.3) is 5.69 Å². The predicted octanol–water partition coefficient (Wildman–Crippen LogP) is 5.40. The molecule has 0 bridgehead atoms. The molecule has 0 unspecified atom stereocenters. The van der Waals surface area contributed by atoms with Crippen LogP contribution in [0.2, 0.25) is 5.02 Å². The highest BCUT2D eigenvalue weighted by Gasteiger charge is 2.16. The van der Waals surface area contributed by atoms with E-state index in [4.69, 9.17) is 11.6 Å². The van der Waals surface area contributed by atoms with E-state index in [9.17, 15) is 9.18 Å². The number of hydrogen-bond donors (Lipinski definition) is 2. The molecule has 162 valence electrons. The molecule has 0 spiro atoms. The molecule has 0 saturated heterocycles. The van der Waals surface area contributed by atoms with Crippen molar-refractivity contribution in [3.8, 4) is 5.69 Å². The number of nitrogens with zero attached hydrogens (tertiary/aromatic N) is 3. The molecular weight excluding hydrogens is 449 g/mol. The highest BCUT2D eigenvalue weighted by molar-refractivity contribution is 7.99. The minimum Gasteiger partial charge on any atom is -0.378 e. The lowest BCUT2D eigenvalue weighted by atomic mass is 10.3. The molecule has 0 aliphatic rings. The van der Waals surface area contributed by atoms with Gasteiger partial charge in [0.15, 0.2) is 11.0 Å². The summed E-state index contributed by atoms with van der Waals surface area (Å²) >= 11 is 7.31. The van der Waals surface area contributed by atoms with Crippen molar-refractivity contribution in [2.45, 2.75) is 11.7 Å². The van der Waals surface area contributed by atoms with Crippen LogP contribution in [0.1, 0.15) is 5.82 Å². The molecule has 0 saturated carbocycles. The molecule has 2 N–H and O–H groups in total. The van der Waals surface area contributed by atoms with E-state index < -0.39 is 0 Å². The lowest BCUT2D eigenvalue weighted by Crippen LogP contribution is -2.15. The largest absolute Gasteiger partial charge is 0.378 e. The second kappa shape index (κ2) is 10.3. The highest BCUT2D eigenvalue weighted by Crippen LogP contribution is 2.24. The smallest absolute Gasteiger partial charge is 0.234 e. The lowest BCUT2D eigenvalue weighted by Gasteiger charge is -2.12. The van der Waals surface area contributed by atoms with Crippen LogP contribution in [0.4, 0.5) is 15.8 Å². The number of anilines is 2. The minimum absolute atomic E-state index is 0.120. The van der Waals surface area contributed by atoms with Gasteiger partial charge in [0.25, 0.3) is 0 Å². The molecule has 0 radical (unpaired) electrons.